The summed E-state index contributed by atoms with van der Waals surface area (Å²) in [6.07, 6.45) is -0.126. The van der Waals surface area contributed by atoms with Crippen LogP contribution in [-0.2, 0) is 14.3 Å². The molecule has 0 saturated heterocycles. The molecule has 3 heterocycles. The number of anilines is 1. The van der Waals surface area contributed by atoms with E-state index in [0.29, 0.717) is 38.6 Å². The van der Waals surface area contributed by atoms with E-state index in [2.05, 4.69) is 10.3 Å². The summed E-state index contributed by atoms with van der Waals surface area (Å²) in [5, 5.41) is 2.83. The summed E-state index contributed by atoms with van der Waals surface area (Å²) in [5.74, 6) is -0.343. The molecule has 0 spiro atoms. The fraction of sp³-hybridized carbons (Fsp3) is 0.259. The number of allylic oxidation sites excluding steroid dienone is 1. The number of esters is 1. The van der Waals surface area contributed by atoms with Gasteiger partial charge in [-0.05, 0) is 39.8 Å². The molecule has 9 heteroatoms. The van der Waals surface area contributed by atoms with Gasteiger partial charge in [-0.25, -0.2) is 9.79 Å². The minimum atomic E-state index is -0.829. The Morgan fingerprint density at radius 3 is 2.61 bits per heavy atom. The summed E-state index contributed by atoms with van der Waals surface area (Å²) in [5.41, 5.74) is 2.56. The number of rotatable bonds is 5. The Bertz CT molecular complexity index is 1610. The average molecular weight is 504 g/mol. The lowest BCUT2D eigenvalue weighted by Crippen LogP contribution is -2.40. The molecule has 36 heavy (non-hydrogen) atoms. The first-order valence-electron chi connectivity index (χ1n) is 11.7. The fourth-order valence-electron chi connectivity index (χ4n) is 4.55. The van der Waals surface area contributed by atoms with Gasteiger partial charge in [0.1, 0.15) is 16.3 Å². The van der Waals surface area contributed by atoms with Crippen molar-refractivity contribution in [3.8, 4) is 5.75 Å². The van der Waals surface area contributed by atoms with Gasteiger partial charge in [0.25, 0.3) is 11.5 Å². The summed E-state index contributed by atoms with van der Waals surface area (Å²) in [6, 6.07) is 13.7. The monoisotopic (exact) mass is 503 g/mol. The van der Waals surface area contributed by atoms with E-state index in [1.54, 1.807) is 26.0 Å². The number of thiazole rings is 1. The van der Waals surface area contributed by atoms with Crippen molar-refractivity contribution in [2.75, 3.05) is 11.9 Å². The largest absolute Gasteiger partial charge is 0.491 e. The van der Waals surface area contributed by atoms with E-state index >= 15 is 0 Å². The number of para-hydroxylation sites is 2. The molecule has 8 nitrogen and oxygen atoms in total. The van der Waals surface area contributed by atoms with Crippen LogP contribution in [0.4, 0.5) is 5.69 Å². The van der Waals surface area contributed by atoms with Crippen LogP contribution in [0.3, 0.4) is 0 Å². The molecule has 1 atom stereocenters. The van der Waals surface area contributed by atoms with Crippen LogP contribution >= 0.6 is 11.3 Å². The molecular formula is C27H25N3O5S. The molecule has 0 saturated carbocycles. The van der Waals surface area contributed by atoms with Crippen molar-refractivity contribution in [3.05, 3.63) is 90.6 Å². The van der Waals surface area contributed by atoms with Crippen molar-refractivity contribution in [1.29, 1.82) is 0 Å². The molecule has 184 valence electrons. The van der Waals surface area contributed by atoms with E-state index in [9.17, 15) is 14.4 Å². The van der Waals surface area contributed by atoms with Gasteiger partial charge in [-0.3, -0.25) is 14.2 Å². The van der Waals surface area contributed by atoms with Crippen molar-refractivity contribution < 1.29 is 19.1 Å². The van der Waals surface area contributed by atoms with Gasteiger partial charge < -0.3 is 14.8 Å². The van der Waals surface area contributed by atoms with Gasteiger partial charge in [-0.15, -0.1) is 0 Å². The highest BCUT2D eigenvalue weighted by Crippen LogP contribution is 2.36. The molecule has 1 unspecified atom stereocenters. The number of hydrogen-bond donors (Lipinski definition) is 1. The predicted molar refractivity (Wildman–Crippen MR) is 137 cm³/mol. The highest BCUT2D eigenvalue weighted by Gasteiger charge is 2.36. The summed E-state index contributed by atoms with van der Waals surface area (Å²) in [6.45, 7) is 7.45. The summed E-state index contributed by atoms with van der Waals surface area (Å²) in [7, 11) is 0. The SMILES string of the molecule is CCOC(=O)C1=C(C)N=c2s/c(=C3/C(=O)Nc4ccccc43)c(=O)n2C1c1ccccc1OC(C)C. The molecule has 2 aliphatic rings. The van der Waals surface area contributed by atoms with Crippen molar-refractivity contribution in [2.24, 2.45) is 4.99 Å². The second kappa shape index (κ2) is 9.23. The zero-order valence-corrected chi connectivity index (χ0v) is 21.1. The van der Waals surface area contributed by atoms with Gasteiger partial charge in [-0.2, -0.15) is 0 Å². The van der Waals surface area contributed by atoms with Crippen LogP contribution in [0, 0.1) is 0 Å². The Morgan fingerprint density at radius 1 is 1.14 bits per heavy atom. The molecule has 2 aromatic carbocycles. The molecule has 0 aliphatic carbocycles. The standard InChI is InChI=1S/C27H25N3O5S/c1-5-34-26(33)20-15(4)28-27-30(22(20)17-11-7-9-13-19(17)35-14(2)3)25(32)23(36-27)21-16-10-6-8-12-18(16)29-24(21)31/h6-14,22H,5H2,1-4H3,(H,29,31)/b23-21+. The van der Waals surface area contributed by atoms with Crippen LogP contribution in [0.25, 0.3) is 5.57 Å². The smallest absolute Gasteiger partial charge is 0.338 e. The minimum absolute atomic E-state index is 0.126. The van der Waals surface area contributed by atoms with Gasteiger partial charge in [0, 0.05) is 16.8 Å². The Hall–Kier alpha value is -3.98. The molecule has 1 aromatic heterocycles. The lowest BCUT2D eigenvalue weighted by molar-refractivity contribution is -0.139. The van der Waals surface area contributed by atoms with Crippen LogP contribution in [0.15, 0.2) is 69.6 Å². The van der Waals surface area contributed by atoms with E-state index in [1.807, 2.05) is 50.2 Å². The first kappa shape index (κ1) is 23.7. The normalized spacial score (nSPS) is 17.9. The maximum Gasteiger partial charge on any atom is 0.338 e. The lowest BCUT2D eigenvalue weighted by atomic mass is 9.95. The maximum absolute atomic E-state index is 14.0. The van der Waals surface area contributed by atoms with E-state index in [1.165, 1.54) is 4.57 Å². The number of ether oxygens (including phenoxy) is 2. The fourth-order valence-corrected chi connectivity index (χ4v) is 5.69. The summed E-state index contributed by atoms with van der Waals surface area (Å²) >= 11 is 1.13. The predicted octanol–water partition coefficient (Wildman–Crippen LogP) is 2.91. The zero-order chi connectivity index (χ0) is 25.6. The van der Waals surface area contributed by atoms with Crippen LogP contribution in [0.2, 0.25) is 0 Å². The number of amides is 1. The van der Waals surface area contributed by atoms with Crippen molar-refractivity contribution in [3.63, 3.8) is 0 Å². The molecule has 0 fully saturated rings. The molecule has 1 amide bonds. The zero-order valence-electron chi connectivity index (χ0n) is 20.3. The number of aromatic nitrogens is 1. The van der Waals surface area contributed by atoms with Crippen LogP contribution in [0.5, 0.6) is 5.75 Å². The van der Waals surface area contributed by atoms with Crippen LogP contribution < -0.4 is 24.9 Å². The number of benzene rings is 2. The Labute approximate surface area is 211 Å². The second-order valence-electron chi connectivity index (χ2n) is 8.70. The third kappa shape index (κ3) is 3.85. The lowest BCUT2D eigenvalue weighted by Gasteiger charge is -2.26. The highest BCUT2D eigenvalue weighted by molar-refractivity contribution is 7.07. The highest BCUT2D eigenvalue weighted by atomic mass is 32.1. The van der Waals surface area contributed by atoms with Crippen LogP contribution in [0.1, 0.15) is 44.9 Å². The number of nitrogens with one attached hydrogen (secondary N) is 1. The molecule has 3 aromatic rings. The number of carbonyl (C=O) groups excluding carboxylic acids is 2. The second-order valence-corrected chi connectivity index (χ2v) is 9.68. The van der Waals surface area contributed by atoms with Crippen molar-refractivity contribution in [1.82, 2.24) is 4.57 Å². The topological polar surface area (TPSA) is 99.0 Å². The van der Waals surface area contributed by atoms with E-state index in [0.717, 1.165) is 11.3 Å². The van der Waals surface area contributed by atoms with Gasteiger partial charge in [0.05, 0.1) is 29.6 Å². The average Bonchev–Trinajstić information content (AvgIpc) is 3.33. The molecule has 2 aliphatic heterocycles. The number of hydrogen-bond acceptors (Lipinski definition) is 7. The number of carbonyl (C=O) groups is 2. The van der Waals surface area contributed by atoms with Crippen molar-refractivity contribution in [2.45, 2.75) is 39.8 Å². The maximum atomic E-state index is 14.0. The summed E-state index contributed by atoms with van der Waals surface area (Å²) in [4.78, 5) is 45.1. The Kier molecular flexibility index (Phi) is 6.09. The van der Waals surface area contributed by atoms with Gasteiger partial charge in [0.15, 0.2) is 4.80 Å². The molecular weight excluding hydrogens is 478 g/mol. The third-order valence-electron chi connectivity index (χ3n) is 5.97. The molecule has 0 bridgehead atoms. The van der Waals surface area contributed by atoms with E-state index in [4.69, 9.17) is 9.47 Å². The van der Waals surface area contributed by atoms with Gasteiger partial charge in [-0.1, -0.05) is 47.7 Å². The minimum Gasteiger partial charge on any atom is -0.491 e. The summed E-state index contributed by atoms with van der Waals surface area (Å²) < 4.78 is 13.2. The van der Waals surface area contributed by atoms with E-state index in [-0.39, 0.29) is 28.7 Å². The molecule has 1 N–H and O–H groups in total. The van der Waals surface area contributed by atoms with Gasteiger partial charge >= 0.3 is 5.97 Å². The first-order valence-corrected chi connectivity index (χ1v) is 12.5. The van der Waals surface area contributed by atoms with E-state index < -0.39 is 17.6 Å². The Balaban J connectivity index is 1.83. The Morgan fingerprint density at radius 2 is 1.86 bits per heavy atom. The number of fused-ring (bicyclic) bond motifs is 2. The molecule has 0 radical (unpaired) electrons. The van der Waals surface area contributed by atoms with Gasteiger partial charge in [0.2, 0.25) is 0 Å². The third-order valence-corrected chi connectivity index (χ3v) is 7.02. The quantitative estimate of drug-likeness (QED) is 0.540. The van der Waals surface area contributed by atoms with Crippen molar-refractivity contribution >= 4 is 34.5 Å². The first-order chi connectivity index (χ1) is 17.3. The number of nitrogens with zero attached hydrogens (tertiary/aromatic N) is 2. The van der Waals surface area contributed by atoms with Crippen LogP contribution in [-0.4, -0.2) is 29.2 Å². The molecule has 5 rings (SSSR count).